The van der Waals surface area contributed by atoms with Crippen LogP contribution in [-0.2, 0) is 0 Å². The highest BCUT2D eigenvalue weighted by Gasteiger charge is 2.13. The highest BCUT2D eigenvalue weighted by atomic mass is 16.5. The van der Waals surface area contributed by atoms with Crippen molar-refractivity contribution in [1.29, 1.82) is 0 Å². The number of nitrogens with two attached hydrogens (primary N) is 1. The van der Waals surface area contributed by atoms with E-state index in [9.17, 15) is 0 Å². The monoisotopic (exact) mass is 195 g/mol. The van der Waals surface area contributed by atoms with Gasteiger partial charge in [-0.05, 0) is 12.5 Å². The lowest BCUT2D eigenvalue weighted by molar-refractivity contribution is 0.349. The van der Waals surface area contributed by atoms with E-state index in [0.717, 1.165) is 23.5 Å². The molecule has 14 heavy (non-hydrogen) atoms. The predicted octanol–water partition coefficient (Wildman–Crippen LogP) is 2.11. The minimum Gasteiger partial charge on any atom is -0.493 e. The first-order valence-corrected chi connectivity index (χ1v) is 4.71. The highest BCUT2D eigenvalue weighted by Crippen LogP contribution is 2.34. The van der Waals surface area contributed by atoms with E-state index in [1.165, 1.54) is 0 Å². The molecule has 3 nitrogen and oxygen atoms in total. The molecular weight excluding hydrogens is 178 g/mol. The smallest absolute Gasteiger partial charge is 0.165 e. The van der Waals surface area contributed by atoms with Gasteiger partial charge in [-0.3, -0.25) is 0 Å². The third-order valence-electron chi connectivity index (χ3n) is 2.27. The average Bonchev–Trinajstić information content (AvgIpc) is 2.26. The van der Waals surface area contributed by atoms with Crippen LogP contribution in [-0.4, -0.2) is 14.2 Å². The van der Waals surface area contributed by atoms with Crippen molar-refractivity contribution >= 4 is 0 Å². The molecule has 0 aliphatic carbocycles. The summed E-state index contributed by atoms with van der Waals surface area (Å²) in [5.74, 6) is 1.47. The van der Waals surface area contributed by atoms with Crippen molar-refractivity contribution in [2.75, 3.05) is 14.2 Å². The van der Waals surface area contributed by atoms with Gasteiger partial charge in [0.25, 0.3) is 0 Å². The predicted molar refractivity (Wildman–Crippen MR) is 56.8 cm³/mol. The molecule has 0 unspecified atom stereocenters. The topological polar surface area (TPSA) is 44.5 Å². The fourth-order valence-corrected chi connectivity index (χ4v) is 1.42. The second-order valence-electron chi connectivity index (χ2n) is 3.10. The SMILES string of the molecule is CC[C@H](N)c1cccc(OC)c1OC. The number of hydrogen-bond acceptors (Lipinski definition) is 3. The Kier molecular flexibility index (Phi) is 3.77. The van der Waals surface area contributed by atoms with Gasteiger partial charge in [0.15, 0.2) is 11.5 Å². The molecule has 0 radical (unpaired) electrons. The van der Waals surface area contributed by atoms with Crippen molar-refractivity contribution in [3.05, 3.63) is 23.8 Å². The first-order valence-electron chi connectivity index (χ1n) is 4.71. The first kappa shape index (κ1) is 10.9. The van der Waals surface area contributed by atoms with Gasteiger partial charge in [0, 0.05) is 11.6 Å². The van der Waals surface area contributed by atoms with E-state index in [4.69, 9.17) is 15.2 Å². The number of rotatable bonds is 4. The van der Waals surface area contributed by atoms with Crippen LogP contribution in [0.15, 0.2) is 18.2 Å². The lowest BCUT2D eigenvalue weighted by Crippen LogP contribution is -2.10. The van der Waals surface area contributed by atoms with Gasteiger partial charge in [-0.2, -0.15) is 0 Å². The van der Waals surface area contributed by atoms with Crippen molar-refractivity contribution in [3.8, 4) is 11.5 Å². The molecule has 1 rings (SSSR count). The van der Waals surface area contributed by atoms with Crippen molar-refractivity contribution in [2.45, 2.75) is 19.4 Å². The van der Waals surface area contributed by atoms with Gasteiger partial charge < -0.3 is 15.2 Å². The minimum absolute atomic E-state index is 0.0000463. The molecule has 3 heteroatoms. The van der Waals surface area contributed by atoms with Crippen LogP contribution in [0.1, 0.15) is 24.9 Å². The molecule has 0 aliphatic heterocycles. The average molecular weight is 195 g/mol. The molecule has 1 aromatic carbocycles. The number of methoxy groups -OCH3 is 2. The molecule has 2 N–H and O–H groups in total. The number of ether oxygens (including phenoxy) is 2. The molecule has 0 aliphatic rings. The van der Waals surface area contributed by atoms with Crippen LogP contribution >= 0.6 is 0 Å². The van der Waals surface area contributed by atoms with E-state index in [1.54, 1.807) is 14.2 Å². The molecule has 0 amide bonds. The molecule has 0 spiro atoms. The second kappa shape index (κ2) is 4.86. The van der Waals surface area contributed by atoms with Crippen LogP contribution in [0.3, 0.4) is 0 Å². The Morgan fingerprint density at radius 2 is 2.00 bits per heavy atom. The van der Waals surface area contributed by atoms with Crippen molar-refractivity contribution in [2.24, 2.45) is 5.73 Å². The second-order valence-corrected chi connectivity index (χ2v) is 3.10. The molecule has 0 bridgehead atoms. The summed E-state index contributed by atoms with van der Waals surface area (Å²) in [6, 6.07) is 5.76. The van der Waals surface area contributed by atoms with E-state index in [-0.39, 0.29) is 6.04 Å². The molecule has 0 heterocycles. The van der Waals surface area contributed by atoms with Crippen LogP contribution in [0.25, 0.3) is 0 Å². The zero-order valence-electron chi connectivity index (χ0n) is 8.91. The molecule has 1 aromatic rings. The van der Waals surface area contributed by atoms with E-state index in [0.29, 0.717) is 0 Å². The quantitative estimate of drug-likeness (QED) is 0.800. The molecule has 78 valence electrons. The Labute approximate surface area is 84.8 Å². The lowest BCUT2D eigenvalue weighted by atomic mass is 10.0. The van der Waals surface area contributed by atoms with Crippen LogP contribution < -0.4 is 15.2 Å². The summed E-state index contributed by atoms with van der Waals surface area (Å²) < 4.78 is 10.5. The van der Waals surface area contributed by atoms with Gasteiger partial charge in [-0.1, -0.05) is 19.1 Å². The zero-order valence-corrected chi connectivity index (χ0v) is 8.91. The van der Waals surface area contributed by atoms with Gasteiger partial charge in [0.05, 0.1) is 14.2 Å². The Bertz CT molecular complexity index is 299. The summed E-state index contributed by atoms with van der Waals surface area (Å²) in [5.41, 5.74) is 6.95. The van der Waals surface area contributed by atoms with Crippen LogP contribution in [0.5, 0.6) is 11.5 Å². The van der Waals surface area contributed by atoms with E-state index in [2.05, 4.69) is 0 Å². The maximum Gasteiger partial charge on any atom is 0.165 e. The maximum atomic E-state index is 5.96. The molecule has 0 aromatic heterocycles. The fourth-order valence-electron chi connectivity index (χ4n) is 1.42. The van der Waals surface area contributed by atoms with Gasteiger partial charge in [-0.15, -0.1) is 0 Å². The fraction of sp³-hybridized carbons (Fsp3) is 0.455. The van der Waals surface area contributed by atoms with Crippen LogP contribution in [0.2, 0.25) is 0 Å². The first-order chi connectivity index (χ1) is 6.74. The third-order valence-corrected chi connectivity index (χ3v) is 2.27. The Balaban J connectivity index is 3.14. The molecule has 0 fully saturated rings. The summed E-state index contributed by atoms with van der Waals surface area (Å²) in [5, 5.41) is 0. The summed E-state index contributed by atoms with van der Waals surface area (Å²) in [4.78, 5) is 0. The summed E-state index contributed by atoms with van der Waals surface area (Å²) in [6.07, 6.45) is 0.878. The maximum absolute atomic E-state index is 5.96. The van der Waals surface area contributed by atoms with Crippen molar-refractivity contribution < 1.29 is 9.47 Å². The summed E-state index contributed by atoms with van der Waals surface area (Å²) in [6.45, 7) is 2.05. The Hall–Kier alpha value is -1.22. The zero-order chi connectivity index (χ0) is 10.6. The van der Waals surface area contributed by atoms with Crippen LogP contribution in [0.4, 0.5) is 0 Å². The molecule has 0 saturated heterocycles. The molecular formula is C11H17NO2. The number of para-hydroxylation sites is 1. The van der Waals surface area contributed by atoms with E-state index < -0.39 is 0 Å². The minimum atomic E-state index is 0.0000463. The number of hydrogen-bond donors (Lipinski definition) is 1. The van der Waals surface area contributed by atoms with Crippen molar-refractivity contribution in [1.82, 2.24) is 0 Å². The highest BCUT2D eigenvalue weighted by molar-refractivity contribution is 5.47. The molecule has 0 saturated carbocycles. The van der Waals surface area contributed by atoms with Crippen LogP contribution in [0, 0.1) is 0 Å². The molecule has 1 atom stereocenters. The standard InChI is InChI=1S/C11H17NO2/c1-4-9(12)8-6-5-7-10(13-2)11(8)14-3/h5-7,9H,4,12H2,1-3H3/t9-/m0/s1. The van der Waals surface area contributed by atoms with Gasteiger partial charge in [-0.25, -0.2) is 0 Å². The Morgan fingerprint density at radius 3 is 2.50 bits per heavy atom. The van der Waals surface area contributed by atoms with Gasteiger partial charge in [0.1, 0.15) is 0 Å². The lowest BCUT2D eigenvalue weighted by Gasteiger charge is -2.16. The van der Waals surface area contributed by atoms with Crippen molar-refractivity contribution in [3.63, 3.8) is 0 Å². The Morgan fingerprint density at radius 1 is 1.29 bits per heavy atom. The third kappa shape index (κ3) is 1.99. The normalized spacial score (nSPS) is 12.3. The largest absolute Gasteiger partial charge is 0.493 e. The summed E-state index contributed by atoms with van der Waals surface area (Å²) >= 11 is 0. The van der Waals surface area contributed by atoms with Gasteiger partial charge >= 0.3 is 0 Å². The number of benzene rings is 1. The van der Waals surface area contributed by atoms with E-state index >= 15 is 0 Å². The van der Waals surface area contributed by atoms with E-state index in [1.807, 2.05) is 25.1 Å². The van der Waals surface area contributed by atoms with Gasteiger partial charge in [0.2, 0.25) is 0 Å². The summed E-state index contributed by atoms with van der Waals surface area (Å²) in [7, 11) is 3.25.